The van der Waals surface area contributed by atoms with Gasteiger partial charge in [-0.2, -0.15) is 0 Å². The van der Waals surface area contributed by atoms with E-state index in [0.717, 1.165) is 17.4 Å². The van der Waals surface area contributed by atoms with Crippen LogP contribution in [0.1, 0.15) is 38.2 Å². The molecule has 3 nitrogen and oxygen atoms in total. The number of nitrogens with two attached hydrogens (primary N) is 1. The van der Waals surface area contributed by atoms with Gasteiger partial charge in [-0.15, -0.1) is 0 Å². The van der Waals surface area contributed by atoms with Crippen molar-refractivity contribution in [1.29, 1.82) is 0 Å². The first kappa shape index (κ1) is 16.8. The van der Waals surface area contributed by atoms with Gasteiger partial charge in [0.15, 0.2) is 0 Å². The third kappa shape index (κ3) is 3.78. The first-order valence-corrected chi connectivity index (χ1v) is 8.24. The lowest BCUT2D eigenvalue weighted by atomic mass is 9.70. The Hall–Kier alpha value is -0.610. The first-order chi connectivity index (χ1) is 9.98. The highest BCUT2D eigenvalue weighted by atomic mass is 35.5. The molecule has 3 unspecified atom stereocenters. The van der Waals surface area contributed by atoms with Gasteiger partial charge in [0.2, 0.25) is 0 Å². The Morgan fingerprint density at radius 2 is 2.05 bits per heavy atom. The molecule has 0 radical (unpaired) electrons. The van der Waals surface area contributed by atoms with E-state index < -0.39 is 0 Å². The van der Waals surface area contributed by atoms with E-state index in [1.165, 1.54) is 31.2 Å². The van der Waals surface area contributed by atoms with Crippen LogP contribution in [0.4, 0.5) is 0 Å². The summed E-state index contributed by atoms with van der Waals surface area (Å²) in [7, 11) is 4.37. The maximum absolute atomic E-state index is 5.98. The summed E-state index contributed by atoms with van der Waals surface area (Å²) in [4.78, 5) is 2.38. The van der Waals surface area contributed by atoms with Crippen molar-refractivity contribution in [3.8, 4) is 0 Å². The number of hydrogen-bond donors (Lipinski definition) is 2. The molecule has 0 aliphatic heterocycles. The van der Waals surface area contributed by atoms with E-state index in [2.05, 4.69) is 43.5 Å². The highest BCUT2D eigenvalue weighted by molar-refractivity contribution is 6.30. The van der Waals surface area contributed by atoms with Crippen LogP contribution in [0.2, 0.25) is 5.02 Å². The second-order valence-electron chi connectivity index (χ2n) is 6.75. The van der Waals surface area contributed by atoms with Crippen molar-refractivity contribution in [2.45, 2.75) is 50.6 Å². The number of hydrogen-bond acceptors (Lipinski definition) is 3. The predicted molar refractivity (Wildman–Crippen MR) is 90.3 cm³/mol. The molecule has 3 atom stereocenters. The minimum Gasteiger partial charge on any atom is -0.302 e. The van der Waals surface area contributed by atoms with E-state index in [1.54, 1.807) is 0 Å². The number of likely N-dealkylation sites (N-methyl/N-ethyl adjacent to an activating group) is 1. The van der Waals surface area contributed by atoms with Crippen molar-refractivity contribution in [3.05, 3.63) is 34.9 Å². The van der Waals surface area contributed by atoms with Crippen LogP contribution in [0.3, 0.4) is 0 Å². The zero-order valence-corrected chi connectivity index (χ0v) is 14.2. The molecule has 0 amide bonds. The molecule has 0 aromatic heterocycles. The lowest BCUT2D eigenvalue weighted by Gasteiger charge is -2.50. The Balaban J connectivity index is 2.21. The van der Waals surface area contributed by atoms with Crippen molar-refractivity contribution in [3.63, 3.8) is 0 Å². The second-order valence-corrected chi connectivity index (χ2v) is 7.19. The van der Waals surface area contributed by atoms with Crippen LogP contribution in [0.15, 0.2) is 24.3 Å². The van der Waals surface area contributed by atoms with Crippen molar-refractivity contribution >= 4 is 11.6 Å². The summed E-state index contributed by atoms with van der Waals surface area (Å²) in [5.41, 5.74) is 4.51. The van der Waals surface area contributed by atoms with Crippen LogP contribution in [0, 0.1) is 5.92 Å². The zero-order chi connectivity index (χ0) is 15.5. The topological polar surface area (TPSA) is 41.3 Å². The van der Waals surface area contributed by atoms with Crippen molar-refractivity contribution in [2.75, 3.05) is 14.1 Å². The number of halogens is 1. The van der Waals surface area contributed by atoms with Crippen LogP contribution in [-0.4, -0.2) is 30.6 Å². The lowest BCUT2D eigenvalue weighted by molar-refractivity contribution is 0.0373. The minimum atomic E-state index is 0.131. The number of benzene rings is 1. The molecule has 3 N–H and O–H groups in total. The zero-order valence-electron chi connectivity index (χ0n) is 13.4. The van der Waals surface area contributed by atoms with Crippen LogP contribution in [-0.2, 0) is 6.42 Å². The molecule has 1 aromatic rings. The van der Waals surface area contributed by atoms with Crippen molar-refractivity contribution in [2.24, 2.45) is 11.8 Å². The van der Waals surface area contributed by atoms with E-state index in [4.69, 9.17) is 17.4 Å². The SMILES string of the molecule is CC1CCCC(C(Cc2ccc(Cl)cc2)NN)(N(C)C)C1. The molecule has 1 aromatic carbocycles. The maximum atomic E-state index is 5.98. The molecular weight excluding hydrogens is 282 g/mol. The molecular formula is C17H28ClN3. The van der Waals surface area contributed by atoms with E-state index in [1.807, 2.05) is 12.1 Å². The third-order valence-corrected chi connectivity index (χ3v) is 5.35. The van der Waals surface area contributed by atoms with Gasteiger partial charge in [0, 0.05) is 16.6 Å². The van der Waals surface area contributed by atoms with Crippen LogP contribution in [0.5, 0.6) is 0 Å². The van der Waals surface area contributed by atoms with Crippen LogP contribution >= 0.6 is 11.6 Å². The number of hydrazine groups is 1. The fraction of sp³-hybridized carbons (Fsp3) is 0.647. The molecule has 0 spiro atoms. The van der Waals surface area contributed by atoms with Gasteiger partial charge < -0.3 is 4.90 Å². The fourth-order valence-corrected chi connectivity index (χ4v) is 3.98. The van der Waals surface area contributed by atoms with Gasteiger partial charge in [0.05, 0.1) is 0 Å². The van der Waals surface area contributed by atoms with Gasteiger partial charge in [-0.25, -0.2) is 0 Å². The maximum Gasteiger partial charge on any atom is 0.0434 e. The Morgan fingerprint density at radius 3 is 2.57 bits per heavy atom. The number of nitrogens with zero attached hydrogens (tertiary/aromatic N) is 1. The van der Waals surface area contributed by atoms with Crippen molar-refractivity contribution in [1.82, 2.24) is 10.3 Å². The standard InChI is InChI=1S/C17H28ClN3/c1-13-5-4-10-17(12-13,21(2)3)16(20-19)11-14-6-8-15(18)9-7-14/h6-9,13,16,20H,4-5,10-12,19H2,1-3H3. The molecule has 1 aliphatic carbocycles. The normalized spacial score (nSPS) is 27.8. The summed E-state index contributed by atoms with van der Waals surface area (Å²) in [6, 6.07) is 8.35. The Bertz CT molecular complexity index is 446. The van der Waals surface area contributed by atoms with Gasteiger partial charge in [-0.3, -0.25) is 11.3 Å². The molecule has 0 saturated heterocycles. The molecule has 2 rings (SSSR count). The molecule has 21 heavy (non-hydrogen) atoms. The highest BCUT2D eigenvalue weighted by Crippen LogP contribution is 2.39. The average Bonchev–Trinajstić information content (AvgIpc) is 2.46. The third-order valence-electron chi connectivity index (χ3n) is 5.10. The molecule has 1 saturated carbocycles. The van der Waals surface area contributed by atoms with Gasteiger partial charge in [-0.05, 0) is 57.0 Å². The first-order valence-electron chi connectivity index (χ1n) is 7.86. The van der Waals surface area contributed by atoms with E-state index in [-0.39, 0.29) is 11.6 Å². The van der Waals surface area contributed by atoms with Gasteiger partial charge >= 0.3 is 0 Å². The van der Waals surface area contributed by atoms with E-state index in [0.29, 0.717) is 0 Å². The molecule has 4 heteroatoms. The molecule has 1 aliphatic rings. The summed E-state index contributed by atoms with van der Waals surface area (Å²) in [6.45, 7) is 2.35. The van der Waals surface area contributed by atoms with Gasteiger partial charge in [-0.1, -0.05) is 43.5 Å². The molecule has 0 bridgehead atoms. The van der Waals surface area contributed by atoms with Crippen LogP contribution in [0.25, 0.3) is 0 Å². The average molecular weight is 310 g/mol. The Kier molecular flexibility index (Phi) is 5.67. The predicted octanol–water partition coefficient (Wildman–Crippen LogP) is 3.22. The van der Waals surface area contributed by atoms with Gasteiger partial charge in [0.25, 0.3) is 0 Å². The summed E-state index contributed by atoms with van der Waals surface area (Å²) in [5, 5.41) is 0.782. The lowest BCUT2D eigenvalue weighted by Crippen LogP contribution is -2.63. The summed E-state index contributed by atoms with van der Waals surface area (Å²) in [6.07, 6.45) is 5.93. The Morgan fingerprint density at radius 1 is 1.38 bits per heavy atom. The smallest absolute Gasteiger partial charge is 0.0434 e. The minimum absolute atomic E-state index is 0.131. The fourth-order valence-electron chi connectivity index (χ4n) is 3.86. The molecule has 0 heterocycles. The van der Waals surface area contributed by atoms with E-state index in [9.17, 15) is 0 Å². The van der Waals surface area contributed by atoms with E-state index >= 15 is 0 Å². The number of rotatable bonds is 5. The summed E-state index contributed by atoms with van der Waals surface area (Å²) < 4.78 is 0. The van der Waals surface area contributed by atoms with Gasteiger partial charge in [0.1, 0.15) is 0 Å². The largest absolute Gasteiger partial charge is 0.302 e. The monoisotopic (exact) mass is 309 g/mol. The second kappa shape index (κ2) is 7.10. The van der Waals surface area contributed by atoms with Crippen LogP contribution < -0.4 is 11.3 Å². The summed E-state index contributed by atoms with van der Waals surface area (Å²) in [5.74, 6) is 6.70. The highest BCUT2D eigenvalue weighted by Gasteiger charge is 2.43. The quantitative estimate of drug-likeness (QED) is 0.648. The summed E-state index contributed by atoms with van der Waals surface area (Å²) >= 11 is 5.98. The molecule has 1 fully saturated rings. The molecule has 118 valence electrons. The number of nitrogens with one attached hydrogen (secondary N) is 1. The Labute approximate surface area is 133 Å². The van der Waals surface area contributed by atoms with Crippen molar-refractivity contribution < 1.29 is 0 Å².